The zero-order valence-corrected chi connectivity index (χ0v) is 33.9. The Morgan fingerprint density at radius 1 is 0.673 bits per heavy atom. The molecule has 2 aromatic carbocycles. The second-order valence-electron chi connectivity index (χ2n) is 12.6. The Kier molecular flexibility index (Phi) is 19.5. The van der Waals surface area contributed by atoms with Gasteiger partial charge in [-0.3, -0.25) is 14.4 Å². The molecule has 0 amide bonds. The molecule has 0 atom stereocenters. The fraction of sp³-hybridized carbons (Fsp3) is 0.366. The number of hydrogen-bond donors (Lipinski definition) is 2. The number of carboxylic acid groups (broad SMARTS) is 1. The van der Waals surface area contributed by atoms with Crippen molar-refractivity contribution < 1.29 is 43.2 Å². The average Bonchev–Trinajstić information content (AvgIpc) is 3.15. The molecule has 0 fully saturated rings. The first-order valence-electron chi connectivity index (χ1n) is 17.4. The fourth-order valence-electron chi connectivity index (χ4n) is 4.75. The SMILES string of the molecule is CC(C)c1cccc(C(=O)O)n1.COCCOc1ccc(C(C)=O)c(CC(=O)c2cccc(C(C)C)n2)c1Cl.COCCOc1ccc(C(C)=O)c(N)c1Cl. The number of carboxylic acids is 1. The number of methoxy groups -OCH3 is 2. The van der Waals surface area contributed by atoms with E-state index in [1.54, 1.807) is 50.6 Å². The second-order valence-corrected chi connectivity index (χ2v) is 13.4. The molecule has 0 spiro atoms. The van der Waals surface area contributed by atoms with Gasteiger partial charge in [0.2, 0.25) is 0 Å². The molecular weight excluding hydrogens is 749 g/mol. The third-order valence-corrected chi connectivity index (χ3v) is 8.57. The third kappa shape index (κ3) is 14.4. The predicted octanol–water partition coefficient (Wildman–Crippen LogP) is 8.56. The molecule has 0 radical (unpaired) electrons. The van der Waals surface area contributed by atoms with Crippen LogP contribution in [-0.2, 0) is 15.9 Å². The predicted molar refractivity (Wildman–Crippen MR) is 214 cm³/mol. The zero-order valence-electron chi connectivity index (χ0n) is 32.4. The number of carbonyl (C=O) groups is 4. The summed E-state index contributed by atoms with van der Waals surface area (Å²) in [7, 11) is 3.16. The molecule has 0 saturated carbocycles. The van der Waals surface area contributed by atoms with Gasteiger partial charge in [-0.25, -0.2) is 14.8 Å². The van der Waals surface area contributed by atoms with Crippen LogP contribution in [0, 0.1) is 0 Å². The molecule has 3 N–H and O–H groups in total. The summed E-state index contributed by atoms with van der Waals surface area (Å²) >= 11 is 12.4. The quantitative estimate of drug-likeness (QED) is 0.0628. The number of aromatic nitrogens is 2. The molecule has 4 aromatic rings. The number of nitrogens with zero attached hydrogens (tertiary/aromatic N) is 2. The van der Waals surface area contributed by atoms with E-state index >= 15 is 0 Å². The van der Waals surface area contributed by atoms with Gasteiger partial charge in [0.05, 0.1) is 23.9 Å². The fourth-order valence-corrected chi connectivity index (χ4v) is 5.25. The lowest BCUT2D eigenvalue weighted by Crippen LogP contribution is -2.12. The Hall–Kier alpha value is -4.88. The van der Waals surface area contributed by atoms with Crippen LogP contribution in [0.3, 0.4) is 0 Å². The van der Waals surface area contributed by atoms with Crippen molar-refractivity contribution in [3.8, 4) is 11.5 Å². The van der Waals surface area contributed by atoms with Crippen molar-refractivity contribution in [2.45, 2.75) is 59.8 Å². The maximum Gasteiger partial charge on any atom is 0.354 e. The van der Waals surface area contributed by atoms with Crippen LogP contribution in [0.5, 0.6) is 11.5 Å². The first-order chi connectivity index (χ1) is 26.0. The minimum Gasteiger partial charge on any atom is -0.490 e. The van der Waals surface area contributed by atoms with Crippen LogP contribution in [0.25, 0.3) is 0 Å². The number of ether oxygens (including phenoxy) is 4. The molecule has 0 aliphatic rings. The van der Waals surface area contributed by atoms with Crippen LogP contribution >= 0.6 is 23.2 Å². The van der Waals surface area contributed by atoms with Crippen molar-refractivity contribution in [2.75, 3.05) is 46.4 Å². The summed E-state index contributed by atoms with van der Waals surface area (Å²) in [6, 6.07) is 16.9. The minimum atomic E-state index is -0.975. The topological polar surface area (TPSA) is 177 Å². The molecular formula is C41H49Cl2N3O9. The maximum absolute atomic E-state index is 12.8. The largest absolute Gasteiger partial charge is 0.490 e. The molecule has 2 heterocycles. The van der Waals surface area contributed by atoms with E-state index in [0.29, 0.717) is 60.3 Å². The summed E-state index contributed by atoms with van der Waals surface area (Å²) in [5, 5.41) is 9.17. The molecule has 0 bridgehead atoms. The highest BCUT2D eigenvalue weighted by Crippen LogP contribution is 2.34. The van der Waals surface area contributed by atoms with E-state index in [2.05, 4.69) is 9.97 Å². The van der Waals surface area contributed by atoms with Gasteiger partial charge in [-0.05, 0) is 79.8 Å². The Balaban J connectivity index is 0.000000315. The van der Waals surface area contributed by atoms with Gasteiger partial charge in [0.25, 0.3) is 0 Å². The number of nitrogen functional groups attached to an aromatic ring is 1. The van der Waals surface area contributed by atoms with Gasteiger partial charge in [0.1, 0.15) is 41.1 Å². The number of pyridine rings is 2. The number of benzene rings is 2. The maximum atomic E-state index is 12.8. The monoisotopic (exact) mass is 797 g/mol. The van der Waals surface area contributed by atoms with Gasteiger partial charge in [0.15, 0.2) is 17.3 Å². The van der Waals surface area contributed by atoms with E-state index in [-0.39, 0.29) is 57.0 Å². The number of halogens is 2. The number of aromatic carboxylic acids is 1. The molecule has 0 saturated heterocycles. The lowest BCUT2D eigenvalue weighted by Gasteiger charge is -2.14. The Morgan fingerprint density at radius 3 is 1.58 bits per heavy atom. The summed E-state index contributed by atoms with van der Waals surface area (Å²) in [6.07, 6.45) is -0.0240. The van der Waals surface area contributed by atoms with Crippen LogP contribution in [-0.4, -0.2) is 79.0 Å². The highest BCUT2D eigenvalue weighted by molar-refractivity contribution is 6.35. The smallest absolute Gasteiger partial charge is 0.354 e. The number of nitrogens with two attached hydrogens (primary N) is 1. The van der Waals surface area contributed by atoms with Crippen LogP contribution in [0.1, 0.15) is 112 Å². The Bertz CT molecular complexity index is 1930. The molecule has 55 heavy (non-hydrogen) atoms. The van der Waals surface area contributed by atoms with Crippen molar-refractivity contribution >= 4 is 52.2 Å². The standard InChI is InChI=1S/C21H24ClNO4.C11H14ClNO3.C9H11NO2/c1-13(2)17-6-5-7-18(23-17)19(25)12-16-15(14(3)24)8-9-20(21(16)22)27-11-10-26-4;1-7(14)8-3-4-9(10(12)11(8)13)16-6-5-15-2;1-6(2)7-4-3-5-8(10-7)9(11)12/h5-9,13H,10-12H2,1-4H3;3-4H,5-6,13H2,1-2H3;3-6H,1-2H3,(H,11,12). The van der Waals surface area contributed by atoms with Crippen molar-refractivity contribution in [3.63, 3.8) is 0 Å². The summed E-state index contributed by atoms with van der Waals surface area (Å²) in [5.41, 5.74) is 9.38. The molecule has 12 nitrogen and oxygen atoms in total. The summed E-state index contributed by atoms with van der Waals surface area (Å²) < 4.78 is 20.7. The molecule has 4 rings (SSSR count). The number of rotatable bonds is 16. The summed E-state index contributed by atoms with van der Waals surface area (Å²) in [4.78, 5) is 54.9. The van der Waals surface area contributed by atoms with Crippen molar-refractivity contribution in [1.29, 1.82) is 0 Å². The molecule has 296 valence electrons. The molecule has 0 aliphatic heterocycles. The van der Waals surface area contributed by atoms with E-state index in [4.69, 9.17) is 53.0 Å². The van der Waals surface area contributed by atoms with E-state index in [1.807, 2.05) is 45.9 Å². The van der Waals surface area contributed by atoms with Crippen LogP contribution < -0.4 is 15.2 Å². The van der Waals surface area contributed by atoms with Crippen molar-refractivity contribution in [1.82, 2.24) is 9.97 Å². The van der Waals surface area contributed by atoms with Crippen molar-refractivity contribution in [2.24, 2.45) is 0 Å². The highest BCUT2D eigenvalue weighted by Gasteiger charge is 2.20. The molecule has 0 unspecified atom stereocenters. The van der Waals surface area contributed by atoms with Gasteiger partial charge < -0.3 is 29.8 Å². The van der Waals surface area contributed by atoms with Crippen LogP contribution in [0.4, 0.5) is 5.69 Å². The number of hydrogen-bond acceptors (Lipinski definition) is 11. The van der Waals surface area contributed by atoms with E-state index in [9.17, 15) is 19.2 Å². The van der Waals surface area contributed by atoms with E-state index in [1.165, 1.54) is 19.9 Å². The lowest BCUT2D eigenvalue weighted by molar-refractivity contribution is 0.0689. The van der Waals surface area contributed by atoms with Gasteiger partial charge >= 0.3 is 5.97 Å². The Labute approximate surface area is 332 Å². The minimum absolute atomic E-state index is 0.0240. The first-order valence-corrected chi connectivity index (χ1v) is 18.1. The van der Waals surface area contributed by atoms with Gasteiger partial charge in [0, 0.05) is 43.2 Å². The normalized spacial score (nSPS) is 10.5. The zero-order chi connectivity index (χ0) is 41.2. The average molecular weight is 799 g/mol. The van der Waals surface area contributed by atoms with Gasteiger partial charge in [-0.2, -0.15) is 0 Å². The number of anilines is 1. The van der Waals surface area contributed by atoms with Crippen LogP contribution in [0.2, 0.25) is 10.0 Å². The van der Waals surface area contributed by atoms with Crippen molar-refractivity contribution in [3.05, 3.63) is 110 Å². The number of Topliss-reactive ketones (excluding diaryl/α,β-unsaturated/α-hetero) is 3. The van der Waals surface area contributed by atoms with Gasteiger partial charge in [-0.1, -0.05) is 63.0 Å². The summed E-state index contributed by atoms with van der Waals surface area (Å²) in [5.74, 6) is -0.0918. The van der Waals surface area contributed by atoms with Crippen LogP contribution in [0.15, 0.2) is 60.7 Å². The van der Waals surface area contributed by atoms with E-state index in [0.717, 1.165) is 11.4 Å². The van der Waals surface area contributed by atoms with Gasteiger partial charge in [-0.15, -0.1) is 0 Å². The first kappa shape index (κ1) is 46.3. The van der Waals surface area contributed by atoms with E-state index < -0.39 is 5.97 Å². The Morgan fingerprint density at radius 2 is 1.13 bits per heavy atom. The lowest BCUT2D eigenvalue weighted by atomic mass is 9.97. The molecule has 14 heteroatoms. The second kappa shape index (κ2) is 23.1. The molecule has 0 aliphatic carbocycles. The molecule has 2 aromatic heterocycles. The number of carbonyl (C=O) groups excluding carboxylic acids is 3. The highest BCUT2D eigenvalue weighted by atomic mass is 35.5. The third-order valence-electron chi connectivity index (χ3n) is 7.77. The summed E-state index contributed by atoms with van der Waals surface area (Å²) in [6.45, 7) is 12.5. The number of ketones is 3.